The van der Waals surface area contributed by atoms with Gasteiger partial charge in [0.25, 0.3) is 0 Å². The summed E-state index contributed by atoms with van der Waals surface area (Å²) in [6.07, 6.45) is 0.248. The van der Waals surface area contributed by atoms with Crippen molar-refractivity contribution in [2.45, 2.75) is 20.3 Å². The Kier molecular flexibility index (Phi) is 4.63. The second kappa shape index (κ2) is 6.43. The van der Waals surface area contributed by atoms with Crippen molar-refractivity contribution in [1.29, 1.82) is 0 Å². The zero-order valence-electron chi connectivity index (χ0n) is 11.4. The number of ether oxygens (including phenoxy) is 1. The molecule has 0 saturated heterocycles. The van der Waals surface area contributed by atoms with E-state index in [0.717, 1.165) is 11.3 Å². The first kappa shape index (κ1) is 14.4. The van der Waals surface area contributed by atoms with Gasteiger partial charge in [-0.2, -0.15) is 5.10 Å². The molecule has 0 unspecified atom stereocenters. The maximum atomic E-state index is 11.8. The minimum atomic E-state index is -0.137. The molecule has 20 heavy (non-hydrogen) atoms. The highest BCUT2D eigenvalue weighted by molar-refractivity contribution is 6.30. The normalized spacial score (nSPS) is 10.3. The van der Waals surface area contributed by atoms with Crippen molar-refractivity contribution in [3.63, 3.8) is 0 Å². The minimum Gasteiger partial charge on any atom is -0.493 e. The molecule has 0 radical (unpaired) electrons. The molecule has 1 aromatic carbocycles. The summed E-state index contributed by atoms with van der Waals surface area (Å²) in [6.45, 7) is 4.09. The van der Waals surface area contributed by atoms with E-state index in [0.29, 0.717) is 16.6 Å². The van der Waals surface area contributed by atoms with Gasteiger partial charge in [0.15, 0.2) is 5.82 Å². The van der Waals surface area contributed by atoms with Gasteiger partial charge in [-0.3, -0.25) is 9.89 Å². The second-order valence-corrected chi connectivity index (χ2v) is 4.86. The van der Waals surface area contributed by atoms with E-state index in [4.69, 9.17) is 16.3 Å². The molecular weight excluding hydrogens is 278 g/mol. The van der Waals surface area contributed by atoms with Gasteiger partial charge >= 0.3 is 0 Å². The molecule has 1 aromatic heterocycles. The Morgan fingerprint density at radius 1 is 1.45 bits per heavy atom. The number of aromatic amines is 1. The molecule has 0 aliphatic heterocycles. The van der Waals surface area contributed by atoms with E-state index in [-0.39, 0.29) is 18.9 Å². The molecule has 0 atom stereocenters. The summed E-state index contributed by atoms with van der Waals surface area (Å²) >= 11 is 5.84. The lowest BCUT2D eigenvalue weighted by molar-refractivity contribution is -0.116. The summed E-state index contributed by atoms with van der Waals surface area (Å²) in [6, 6.07) is 7.07. The van der Waals surface area contributed by atoms with Crippen LogP contribution in [0.3, 0.4) is 0 Å². The Labute approximate surface area is 122 Å². The number of aromatic nitrogens is 2. The fourth-order valence-corrected chi connectivity index (χ4v) is 1.80. The number of nitrogens with zero attached hydrogens (tertiary/aromatic N) is 1. The van der Waals surface area contributed by atoms with Crippen LogP contribution in [0.1, 0.15) is 17.7 Å². The number of amides is 1. The van der Waals surface area contributed by atoms with Crippen LogP contribution in [0.4, 0.5) is 5.82 Å². The maximum absolute atomic E-state index is 11.8. The predicted octanol–water partition coefficient (Wildman–Crippen LogP) is 3.09. The summed E-state index contributed by atoms with van der Waals surface area (Å²) in [5.41, 5.74) is 1.88. The average molecular weight is 294 g/mol. The van der Waals surface area contributed by atoms with E-state index in [1.54, 1.807) is 24.3 Å². The van der Waals surface area contributed by atoms with E-state index in [2.05, 4.69) is 15.5 Å². The molecule has 0 aliphatic carbocycles. The van der Waals surface area contributed by atoms with E-state index < -0.39 is 0 Å². The Balaban J connectivity index is 1.80. The van der Waals surface area contributed by atoms with Crippen molar-refractivity contribution in [2.75, 3.05) is 11.9 Å². The quantitative estimate of drug-likeness (QED) is 0.890. The van der Waals surface area contributed by atoms with Crippen molar-refractivity contribution in [3.8, 4) is 5.75 Å². The van der Waals surface area contributed by atoms with Crippen molar-refractivity contribution >= 4 is 23.3 Å². The zero-order valence-corrected chi connectivity index (χ0v) is 12.1. The van der Waals surface area contributed by atoms with E-state index in [1.807, 2.05) is 13.8 Å². The molecule has 1 amide bonds. The number of hydrogen-bond acceptors (Lipinski definition) is 3. The van der Waals surface area contributed by atoms with Crippen LogP contribution in [0.2, 0.25) is 5.02 Å². The molecule has 1 heterocycles. The lowest BCUT2D eigenvalue weighted by Crippen LogP contribution is -2.16. The van der Waals surface area contributed by atoms with Gasteiger partial charge in [-0.15, -0.1) is 0 Å². The Morgan fingerprint density at radius 2 is 2.25 bits per heavy atom. The number of rotatable bonds is 5. The van der Waals surface area contributed by atoms with Crippen LogP contribution in [0, 0.1) is 13.8 Å². The van der Waals surface area contributed by atoms with Gasteiger partial charge in [0.05, 0.1) is 13.0 Å². The van der Waals surface area contributed by atoms with Crippen molar-refractivity contribution < 1.29 is 9.53 Å². The third-order valence-electron chi connectivity index (χ3n) is 2.90. The molecule has 0 spiro atoms. The molecule has 106 valence electrons. The van der Waals surface area contributed by atoms with Crippen molar-refractivity contribution in [3.05, 3.63) is 40.5 Å². The molecule has 2 aromatic rings. The largest absolute Gasteiger partial charge is 0.493 e. The van der Waals surface area contributed by atoms with Gasteiger partial charge in [-0.05, 0) is 32.0 Å². The fourth-order valence-electron chi connectivity index (χ4n) is 1.62. The Bertz CT molecular complexity index is 610. The van der Waals surface area contributed by atoms with Crippen LogP contribution in [0.25, 0.3) is 0 Å². The van der Waals surface area contributed by atoms with Crippen molar-refractivity contribution in [2.24, 2.45) is 0 Å². The third kappa shape index (κ3) is 3.74. The fraction of sp³-hybridized carbons (Fsp3) is 0.286. The average Bonchev–Trinajstić information content (AvgIpc) is 2.71. The SMILES string of the molecule is Cc1[nH]nc(NC(=O)CCOc2cccc(Cl)c2)c1C. The summed E-state index contributed by atoms with van der Waals surface area (Å²) in [5.74, 6) is 1.08. The summed E-state index contributed by atoms with van der Waals surface area (Å²) < 4.78 is 5.46. The number of benzene rings is 1. The highest BCUT2D eigenvalue weighted by Crippen LogP contribution is 2.17. The van der Waals surface area contributed by atoms with Crippen LogP contribution in [0.5, 0.6) is 5.75 Å². The Morgan fingerprint density at radius 3 is 2.90 bits per heavy atom. The molecule has 6 heteroatoms. The Hall–Kier alpha value is -2.01. The van der Waals surface area contributed by atoms with Gasteiger partial charge in [0.2, 0.25) is 5.91 Å². The molecule has 0 bridgehead atoms. The van der Waals surface area contributed by atoms with Gasteiger partial charge in [0.1, 0.15) is 5.75 Å². The first-order valence-electron chi connectivity index (χ1n) is 6.26. The van der Waals surface area contributed by atoms with Crippen molar-refractivity contribution in [1.82, 2.24) is 10.2 Å². The summed E-state index contributed by atoms with van der Waals surface area (Å²) in [5, 5.41) is 10.2. The van der Waals surface area contributed by atoms with Crippen LogP contribution in [-0.4, -0.2) is 22.7 Å². The topological polar surface area (TPSA) is 67.0 Å². The number of nitrogens with one attached hydrogen (secondary N) is 2. The number of carbonyl (C=O) groups excluding carboxylic acids is 1. The lowest BCUT2D eigenvalue weighted by Gasteiger charge is -2.06. The minimum absolute atomic E-state index is 0.137. The standard InChI is InChI=1S/C14H16ClN3O2/c1-9-10(2)17-18-14(9)16-13(19)6-7-20-12-5-3-4-11(15)8-12/h3-5,8H,6-7H2,1-2H3,(H2,16,17,18,19). The van der Waals surface area contributed by atoms with Gasteiger partial charge in [-0.25, -0.2) is 0 Å². The molecule has 0 saturated carbocycles. The maximum Gasteiger partial charge on any atom is 0.229 e. The number of carbonyl (C=O) groups is 1. The number of H-pyrrole nitrogens is 1. The van der Waals surface area contributed by atoms with Crippen LogP contribution < -0.4 is 10.1 Å². The smallest absolute Gasteiger partial charge is 0.229 e. The second-order valence-electron chi connectivity index (χ2n) is 4.43. The molecule has 2 rings (SSSR count). The predicted molar refractivity (Wildman–Crippen MR) is 78.3 cm³/mol. The number of hydrogen-bond donors (Lipinski definition) is 2. The van der Waals surface area contributed by atoms with Crippen LogP contribution in [0.15, 0.2) is 24.3 Å². The molecule has 2 N–H and O–H groups in total. The van der Waals surface area contributed by atoms with Crippen LogP contribution in [-0.2, 0) is 4.79 Å². The zero-order chi connectivity index (χ0) is 14.5. The van der Waals surface area contributed by atoms with E-state index >= 15 is 0 Å². The number of halogens is 1. The first-order valence-corrected chi connectivity index (χ1v) is 6.64. The molecular formula is C14H16ClN3O2. The monoisotopic (exact) mass is 293 g/mol. The highest BCUT2D eigenvalue weighted by Gasteiger charge is 2.09. The van der Waals surface area contributed by atoms with Crippen LogP contribution >= 0.6 is 11.6 Å². The van der Waals surface area contributed by atoms with E-state index in [1.165, 1.54) is 0 Å². The molecule has 0 aliphatic rings. The summed E-state index contributed by atoms with van der Waals surface area (Å²) in [4.78, 5) is 11.8. The number of anilines is 1. The third-order valence-corrected chi connectivity index (χ3v) is 3.14. The molecule has 0 fully saturated rings. The van der Waals surface area contributed by atoms with Gasteiger partial charge in [0, 0.05) is 16.3 Å². The van der Waals surface area contributed by atoms with E-state index in [9.17, 15) is 4.79 Å². The van der Waals surface area contributed by atoms with Gasteiger partial charge < -0.3 is 10.1 Å². The first-order chi connectivity index (χ1) is 9.56. The van der Waals surface area contributed by atoms with Gasteiger partial charge in [-0.1, -0.05) is 17.7 Å². The number of aryl methyl sites for hydroxylation is 1. The lowest BCUT2D eigenvalue weighted by atomic mass is 10.3. The highest BCUT2D eigenvalue weighted by atomic mass is 35.5. The molecule has 5 nitrogen and oxygen atoms in total. The summed E-state index contributed by atoms with van der Waals surface area (Å²) in [7, 11) is 0.